The third-order valence-corrected chi connectivity index (χ3v) is 3.63. The van der Waals surface area contributed by atoms with Crippen LogP contribution in [0.15, 0.2) is 11.6 Å². The fourth-order valence-corrected chi connectivity index (χ4v) is 2.60. The summed E-state index contributed by atoms with van der Waals surface area (Å²) in [6.07, 6.45) is 3.74. The van der Waals surface area contributed by atoms with Crippen LogP contribution in [0.25, 0.3) is 0 Å². The Kier molecular flexibility index (Phi) is 5.34. The van der Waals surface area contributed by atoms with E-state index in [1.165, 1.54) is 0 Å². The summed E-state index contributed by atoms with van der Waals surface area (Å²) in [7, 11) is 0. The summed E-state index contributed by atoms with van der Waals surface area (Å²) < 4.78 is 0. The van der Waals surface area contributed by atoms with Crippen molar-refractivity contribution in [1.82, 2.24) is 0 Å². The zero-order chi connectivity index (χ0) is 13.0. The van der Waals surface area contributed by atoms with Gasteiger partial charge in [-0.05, 0) is 37.7 Å². The van der Waals surface area contributed by atoms with Crippen molar-refractivity contribution in [3.8, 4) is 0 Å². The third kappa shape index (κ3) is 3.39. The molecule has 0 amide bonds. The van der Waals surface area contributed by atoms with Gasteiger partial charge in [0.05, 0.1) is 18.1 Å². The lowest BCUT2D eigenvalue weighted by molar-refractivity contribution is -0.123. The summed E-state index contributed by atoms with van der Waals surface area (Å²) in [6, 6.07) is 0. The Balaban J connectivity index is 2.74. The Morgan fingerprint density at radius 2 is 2.00 bits per heavy atom. The van der Waals surface area contributed by atoms with E-state index >= 15 is 0 Å². The van der Waals surface area contributed by atoms with Gasteiger partial charge in [-0.1, -0.05) is 26.3 Å². The van der Waals surface area contributed by atoms with Crippen LogP contribution in [0.3, 0.4) is 0 Å². The molecule has 1 rings (SSSR count). The van der Waals surface area contributed by atoms with Crippen LogP contribution in [0, 0.1) is 11.8 Å². The van der Waals surface area contributed by atoms with Crippen LogP contribution in [0.4, 0.5) is 0 Å². The molecule has 2 unspecified atom stereocenters. The molecule has 0 bridgehead atoms. The van der Waals surface area contributed by atoms with Gasteiger partial charge in [-0.25, -0.2) is 0 Å². The van der Waals surface area contributed by atoms with Gasteiger partial charge in [0.25, 0.3) is 0 Å². The Hall–Kier alpha value is -0.670. The molecule has 0 radical (unpaired) electrons. The minimum absolute atomic E-state index is 0.000926. The van der Waals surface area contributed by atoms with Crippen molar-refractivity contribution in [1.29, 1.82) is 0 Å². The van der Waals surface area contributed by atoms with Crippen LogP contribution in [0.1, 0.15) is 46.5 Å². The highest BCUT2D eigenvalue weighted by Crippen LogP contribution is 2.34. The molecule has 98 valence electrons. The molecule has 3 heteroatoms. The minimum Gasteiger partial charge on any atom is -0.393 e. The summed E-state index contributed by atoms with van der Waals surface area (Å²) >= 11 is 0. The number of ketones is 1. The van der Waals surface area contributed by atoms with Gasteiger partial charge in [0.15, 0.2) is 5.78 Å². The second kappa shape index (κ2) is 6.31. The predicted octanol–water partition coefficient (Wildman–Crippen LogP) is 2.07. The summed E-state index contributed by atoms with van der Waals surface area (Å²) in [4.78, 5) is 12.0. The summed E-state index contributed by atoms with van der Waals surface area (Å²) in [5, 5.41) is 19.8. The molecule has 4 atom stereocenters. The smallest absolute Gasteiger partial charge is 0.164 e. The van der Waals surface area contributed by atoms with Gasteiger partial charge >= 0.3 is 0 Å². The van der Waals surface area contributed by atoms with Crippen molar-refractivity contribution < 1.29 is 15.0 Å². The maximum absolute atomic E-state index is 12.0. The lowest BCUT2D eigenvalue weighted by Crippen LogP contribution is -2.32. The molecule has 1 aliphatic carbocycles. The average molecular weight is 240 g/mol. The molecule has 0 spiro atoms. The first-order valence-electron chi connectivity index (χ1n) is 6.60. The second-order valence-electron chi connectivity index (χ2n) is 5.06. The molecule has 1 aliphatic rings. The molecule has 3 nitrogen and oxygen atoms in total. The zero-order valence-electron chi connectivity index (χ0n) is 11.0. The molecule has 0 heterocycles. The van der Waals surface area contributed by atoms with Gasteiger partial charge in [-0.3, -0.25) is 4.79 Å². The highest BCUT2D eigenvalue weighted by molar-refractivity contribution is 5.99. The van der Waals surface area contributed by atoms with Gasteiger partial charge in [0.1, 0.15) is 0 Å². The van der Waals surface area contributed by atoms with E-state index in [0.717, 1.165) is 12.0 Å². The number of hydrogen-bond donors (Lipinski definition) is 2. The van der Waals surface area contributed by atoms with Crippen molar-refractivity contribution in [2.24, 2.45) is 11.8 Å². The molecule has 0 aliphatic heterocycles. The molecule has 0 saturated heterocycles. The van der Waals surface area contributed by atoms with Crippen LogP contribution in [-0.4, -0.2) is 28.2 Å². The van der Waals surface area contributed by atoms with E-state index in [4.69, 9.17) is 0 Å². The number of hydrogen-bond acceptors (Lipinski definition) is 3. The van der Waals surface area contributed by atoms with Gasteiger partial charge in [-0.2, -0.15) is 0 Å². The van der Waals surface area contributed by atoms with E-state index in [-0.39, 0.29) is 23.7 Å². The summed E-state index contributed by atoms with van der Waals surface area (Å²) in [5.74, 6) is -0.283. The monoisotopic (exact) mass is 240 g/mol. The maximum atomic E-state index is 12.0. The Morgan fingerprint density at radius 3 is 2.53 bits per heavy atom. The van der Waals surface area contributed by atoms with Crippen molar-refractivity contribution in [3.05, 3.63) is 11.6 Å². The fraction of sp³-hybridized carbons (Fsp3) is 0.786. The van der Waals surface area contributed by atoms with Gasteiger partial charge in [0.2, 0.25) is 0 Å². The Morgan fingerprint density at radius 1 is 1.35 bits per heavy atom. The van der Waals surface area contributed by atoms with E-state index in [1.54, 1.807) is 6.92 Å². The molecular weight excluding hydrogens is 216 g/mol. The van der Waals surface area contributed by atoms with Gasteiger partial charge in [-0.15, -0.1) is 0 Å². The van der Waals surface area contributed by atoms with Crippen LogP contribution in [0.5, 0.6) is 0 Å². The molecular formula is C14H24O3. The zero-order valence-corrected chi connectivity index (χ0v) is 11.0. The van der Waals surface area contributed by atoms with Gasteiger partial charge in [0, 0.05) is 0 Å². The molecule has 0 fully saturated rings. The first-order valence-corrected chi connectivity index (χ1v) is 6.60. The molecule has 17 heavy (non-hydrogen) atoms. The predicted molar refractivity (Wildman–Crippen MR) is 67.6 cm³/mol. The summed E-state index contributed by atoms with van der Waals surface area (Å²) in [6.45, 7) is 5.72. The minimum atomic E-state index is -0.574. The van der Waals surface area contributed by atoms with E-state index in [1.807, 2.05) is 19.9 Å². The first kappa shape index (κ1) is 14.4. The van der Waals surface area contributed by atoms with Crippen LogP contribution in [-0.2, 0) is 4.79 Å². The number of aliphatic hydroxyl groups is 2. The molecule has 2 N–H and O–H groups in total. The lowest BCUT2D eigenvalue weighted by Gasteiger charge is -2.24. The SMILES string of the molecule is CCCC(O)[C@H]1C(=O)C(C)=C[C@@H]1CC(O)CC. The highest BCUT2D eigenvalue weighted by atomic mass is 16.3. The van der Waals surface area contributed by atoms with Crippen LogP contribution in [0.2, 0.25) is 0 Å². The third-order valence-electron chi connectivity index (χ3n) is 3.63. The second-order valence-corrected chi connectivity index (χ2v) is 5.06. The number of aliphatic hydroxyl groups excluding tert-OH is 2. The van der Waals surface area contributed by atoms with E-state index in [2.05, 4.69) is 0 Å². The largest absolute Gasteiger partial charge is 0.393 e. The van der Waals surface area contributed by atoms with Gasteiger partial charge < -0.3 is 10.2 Å². The molecule has 0 saturated carbocycles. The molecule has 0 aromatic heterocycles. The quantitative estimate of drug-likeness (QED) is 0.747. The molecule has 0 aromatic carbocycles. The molecule has 0 aromatic rings. The van der Waals surface area contributed by atoms with Crippen molar-refractivity contribution in [2.45, 2.75) is 58.7 Å². The Bertz CT molecular complexity index is 296. The summed E-state index contributed by atoms with van der Waals surface area (Å²) in [5.41, 5.74) is 0.735. The Labute approximate surface area is 104 Å². The number of allylic oxidation sites excluding steroid dienone is 2. The van der Waals surface area contributed by atoms with E-state index in [9.17, 15) is 15.0 Å². The van der Waals surface area contributed by atoms with E-state index in [0.29, 0.717) is 19.3 Å². The number of carbonyl (C=O) groups is 1. The number of Topliss-reactive ketones (excluding diaryl/α,β-unsaturated/α-hetero) is 1. The maximum Gasteiger partial charge on any atom is 0.164 e. The average Bonchev–Trinajstić information content (AvgIpc) is 2.54. The number of carbonyl (C=O) groups excluding carboxylic acids is 1. The van der Waals surface area contributed by atoms with Crippen LogP contribution < -0.4 is 0 Å². The number of rotatable bonds is 6. The first-order chi connectivity index (χ1) is 8.01. The van der Waals surface area contributed by atoms with Crippen LogP contribution >= 0.6 is 0 Å². The fourth-order valence-electron chi connectivity index (χ4n) is 2.60. The van der Waals surface area contributed by atoms with Crippen molar-refractivity contribution >= 4 is 5.78 Å². The highest BCUT2D eigenvalue weighted by Gasteiger charge is 2.38. The van der Waals surface area contributed by atoms with Crippen molar-refractivity contribution in [2.75, 3.05) is 0 Å². The standard InChI is InChI=1S/C14H24O3/c1-4-6-12(16)13-10(8-11(15)5-2)7-9(3)14(13)17/h7,10-13,15-16H,4-6,8H2,1-3H3/t10-,11?,12?,13+/m1/s1. The topological polar surface area (TPSA) is 57.5 Å². The normalized spacial score (nSPS) is 28.1. The van der Waals surface area contributed by atoms with E-state index < -0.39 is 6.10 Å². The lowest BCUT2D eigenvalue weighted by atomic mass is 9.83. The van der Waals surface area contributed by atoms with Crippen molar-refractivity contribution in [3.63, 3.8) is 0 Å².